The van der Waals surface area contributed by atoms with Crippen LogP contribution in [0.4, 0.5) is 5.69 Å². The van der Waals surface area contributed by atoms with Gasteiger partial charge in [-0.2, -0.15) is 0 Å². The molecular formula is C27H39N3O5S. The fourth-order valence-corrected chi connectivity index (χ4v) is 4.77. The van der Waals surface area contributed by atoms with E-state index in [2.05, 4.69) is 5.32 Å². The topological polar surface area (TPSA) is 96.0 Å². The Morgan fingerprint density at radius 3 is 2.28 bits per heavy atom. The zero-order valence-corrected chi connectivity index (χ0v) is 23.0. The summed E-state index contributed by atoms with van der Waals surface area (Å²) in [5.41, 5.74) is 2.13. The Bertz CT molecular complexity index is 1120. The lowest BCUT2D eigenvalue weighted by molar-refractivity contribution is -0.139. The minimum Gasteiger partial charge on any atom is -0.495 e. The molecule has 0 fully saturated rings. The Kier molecular flexibility index (Phi) is 10.8. The van der Waals surface area contributed by atoms with E-state index >= 15 is 0 Å². The highest BCUT2D eigenvalue weighted by atomic mass is 32.2. The van der Waals surface area contributed by atoms with Crippen molar-refractivity contribution >= 4 is 27.5 Å². The number of rotatable bonds is 13. The maximum absolute atomic E-state index is 13.7. The predicted molar refractivity (Wildman–Crippen MR) is 144 cm³/mol. The fraction of sp³-hybridized carbons (Fsp3) is 0.481. The Hall–Kier alpha value is -3.07. The smallest absolute Gasteiger partial charge is 0.244 e. The van der Waals surface area contributed by atoms with Crippen LogP contribution in [0.2, 0.25) is 0 Å². The molecule has 0 aliphatic carbocycles. The second-order valence-corrected chi connectivity index (χ2v) is 10.9. The summed E-state index contributed by atoms with van der Waals surface area (Å²) >= 11 is 0. The molecule has 0 aliphatic rings. The third kappa shape index (κ3) is 7.98. The Labute approximate surface area is 215 Å². The molecule has 0 saturated carbocycles. The summed E-state index contributed by atoms with van der Waals surface area (Å²) in [4.78, 5) is 28.4. The number of nitrogens with one attached hydrogen (secondary N) is 1. The molecule has 0 spiro atoms. The maximum atomic E-state index is 13.7. The van der Waals surface area contributed by atoms with E-state index in [0.717, 1.165) is 28.1 Å². The minimum absolute atomic E-state index is 0.0401. The van der Waals surface area contributed by atoms with Crippen molar-refractivity contribution in [3.63, 3.8) is 0 Å². The first-order chi connectivity index (χ1) is 17.0. The van der Waals surface area contributed by atoms with E-state index in [4.69, 9.17) is 4.74 Å². The van der Waals surface area contributed by atoms with E-state index in [1.807, 2.05) is 64.1 Å². The molecule has 0 saturated heterocycles. The molecule has 0 unspecified atom stereocenters. The van der Waals surface area contributed by atoms with Crippen molar-refractivity contribution in [1.82, 2.24) is 10.2 Å². The Morgan fingerprint density at radius 2 is 1.72 bits per heavy atom. The number of aryl methyl sites for hydroxylation is 1. The molecule has 9 heteroatoms. The van der Waals surface area contributed by atoms with Crippen molar-refractivity contribution in [2.24, 2.45) is 0 Å². The lowest BCUT2D eigenvalue weighted by Crippen LogP contribution is -2.54. The summed E-state index contributed by atoms with van der Waals surface area (Å²) in [6.07, 6.45) is 2.75. The van der Waals surface area contributed by atoms with Crippen molar-refractivity contribution in [3.05, 3.63) is 59.7 Å². The molecule has 2 amide bonds. The predicted octanol–water partition coefficient (Wildman–Crippen LogP) is 3.53. The van der Waals surface area contributed by atoms with Gasteiger partial charge in [-0.3, -0.25) is 13.9 Å². The highest BCUT2D eigenvalue weighted by Crippen LogP contribution is 2.31. The van der Waals surface area contributed by atoms with Gasteiger partial charge in [0.05, 0.1) is 19.1 Å². The number of sulfonamides is 1. The second-order valence-electron chi connectivity index (χ2n) is 9.01. The fourth-order valence-electron chi connectivity index (χ4n) is 3.93. The van der Waals surface area contributed by atoms with E-state index in [9.17, 15) is 18.0 Å². The number of ether oxygens (including phenoxy) is 1. The molecule has 0 aliphatic heterocycles. The summed E-state index contributed by atoms with van der Waals surface area (Å²) in [6, 6.07) is 14.1. The highest BCUT2D eigenvalue weighted by Gasteiger charge is 2.32. The largest absolute Gasteiger partial charge is 0.495 e. The summed E-state index contributed by atoms with van der Waals surface area (Å²) < 4.78 is 32.1. The number of hydrogen-bond donors (Lipinski definition) is 1. The summed E-state index contributed by atoms with van der Waals surface area (Å²) in [5.74, 6) is -0.352. The van der Waals surface area contributed by atoms with Crippen molar-refractivity contribution in [3.8, 4) is 5.75 Å². The van der Waals surface area contributed by atoms with Crippen LogP contribution in [0.5, 0.6) is 5.75 Å². The van der Waals surface area contributed by atoms with Crippen LogP contribution in [-0.2, 0) is 26.0 Å². The monoisotopic (exact) mass is 517 g/mol. The first-order valence-electron chi connectivity index (χ1n) is 12.3. The SMILES string of the molecule is CC[C@H](C(=O)N[C@@H](C)CC)N(CCc1ccccc1)C(=O)CN(c1cc(C)ccc1OC)S(C)(=O)=O. The lowest BCUT2D eigenvalue weighted by atomic mass is 10.1. The van der Waals surface area contributed by atoms with Crippen molar-refractivity contribution in [2.45, 2.75) is 59.0 Å². The Morgan fingerprint density at radius 1 is 1.06 bits per heavy atom. The summed E-state index contributed by atoms with van der Waals surface area (Å²) in [6.45, 7) is 7.41. The number of carbonyl (C=O) groups is 2. The normalized spacial score (nSPS) is 12.9. The second kappa shape index (κ2) is 13.3. The van der Waals surface area contributed by atoms with Crippen LogP contribution in [0.15, 0.2) is 48.5 Å². The minimum atomic E-state index is -3.83. The number of anilines is 1. The van der Waals surface area contributed by atoms with Crippen LogP contribution in [0, 0.1) is 6.92 Å². The van der Waals surface area contributed by atoms with Crippen LogP contribution in [0.3, 0.4) is 0 Å². The van der Waals surface area contributed by atoms with Gasteiger partial charge in [0.1, 0.15) is 18.3 Å². The molecule has 2 aromatic rings. The highest BCUT2D eigenvalue weighted by molar-refractivity contribution is 7.92. The number of benzene rings is 2. The van der Waals surface area contributed by atoms with E-state index in [-0.39, 0.29) is 24.2 Å². The number of hydrogen-bond acceptors (Lipinski definition) is 5. The van der Waals surface area contributed by atoms with Crippen molar-refractivity contribution in [1.29, 1.82) is 0 Å². The lowest BCUT2D eigenvalue weighted by Gasteiger charge is -2.33. The number of amides is 2. The van der Waals surface area contributed by atoms with E-state index in [1.54, 1.807) is 12.1 Å². The van der Waals surface area contributed by atoms with Crippen LogP contribution in [0.25, 0.3) is 0 Å². The quantitative estimate of drug-likeness (QED) is 0.439. The van der Waals surface area contributed by atoms with Gasteiger partial charge in [0.15, 0.2) is 0 Å². The van der Waals surface area contributed by atoms with Gasteiger partial charge >= 0.3 is 0 Å². The van der Waals surface area contributed by atoms with Gasteiger partial charge in [-0.15, -0.1) is 0 Å². The molecule has 0 heterocycles. The van der Waals surface area contributed by atoms with E-state index in [1.165, 1.54) is 12.0 Å². The van der Waals surface area contributed by atoms with Gasteiger partial charge in [0.25, 0.3) is 0 Å². The third-order valence-corrected chi connectivity index (χ3v) is 7.28. The standard InChI is InChI=1S/C27H39N3O5S/c1-7-21(4)28-27(32)23(8-2)29(17-16-22-12-10-9-11-13-22)26(31)19-30(36(6,33)34)24-18-20(3)14-15-25(24)35-5/h9-15,18,21,23H,7-8,16-17,19H2,1-6H3,(H,28,32)/t21-,23+/m0/s1. The zero-order valence-electron chi connectivity index (χ0n) is 22.2. The average Bonchev–Trinajstić information content (AvgIpc) is 2.84. The van der Waals surface area contributed by atoms with Gasteiger partial charge in [-0.05, 0) is 56.4 Å². The van der Waals surface area contributed by atoms with E-state index in [0.29, 0.717) is 18.6 Å². The third-order valence-electron chi connectivity index (χ3n) is 6.15. The molecule has 0 bridgehead atoms. The molecule has 0 aromatic heterocycles. The maximum Gasteiger partial charge on any atom is 0.244 e. The molecule has 0 radical (unpaired) electrons. The van der Waals surface area contributed by atoms with Crippen molar-refractivity contribution in [2.75, 3.05) is 30.8 Å². The molecule has 2 aromatic carbocycles. The van der Waals surface area contributed by atoms with Crippen LogP contribution < -0.4 is 14.4 Å². The first-order valence-corrected chi connectivity index (χ1v) is 14.1. The number of nitrogens with zero attached hydrogens (tertiary/aromatic N) is 2. The molecule has 198 valence electrons. The van der Waals surface area contributed by atoms with Gasteiger partial charge in [0, 0.05) is 12.6 Å². The molecule has 36 heavy (non-hydrogen) atoms. The molecule has 8 nitrogen and oxygen atoms in total. The molecule has 1 N–H and O–H groups in total. The van der Waals surface area contributed by atoms with Gasteiger partial charge in [-0.1, -0.05) is 50.2 Å². The van der Waals surface area contributed by atoms with Gasteiger partial charge in [0.2, 0.25) is 21.8 Å². The molecule has 2 rings (SSSR count). The van der Waals surface area contributed by atoms with Crippen LogP contribution in [0.1, 0.15) is 44.7 Å². The Balaban J connectivity index is 2.43. The molecule has 2 atom stereocenters. The van der Waals surface area contributed by atoms with Crippen molar-refractivity contribution < 1.29 is 22.7 Å². The van der Waals surface area contributed by atoms with Gasteiger partial charge < -0.3 is 15.0 Å². The van der Waals surface area contributed by atoms with Gasteiger partial charge in [-0.25, -0.2) is 8.42 Å². The molecular weight excluding hydrogens is 478 g/mol. The average molecular weight is 518 g/mol. The van der Waals surface area contributed by atoms with Crippen LogP contribution in [-0.4, -0.2) is 63.7 Å². The van der Waals surface area contributed by atoms with Crippen LogP contribution >= 0.6 is 0 Å². The zero-order chi connectivity index (χ0) is 26.9. The summed E-state index contributed by atoms with van der Waals surface area (Å²) in [7, 11) is -2.38. The van der Waals surface area contributed by atoms with E-state index < -0.39 is 28.5 Å². The first kappa shape index (κ1) is 29.2. The number of carbonyl (C=O) groups excluding carboxylic acids is 2. The summed E-state index contributed by atoms with van der Waals surface area (Å²) in [5, 5.41) is 2.97. The number of methoxy groups -OCH3 is 1.